The largest absolute Gasteiger partial charge is 0.504 e. The fourth-order valence-electron chi connectivity index (χ4n) is 1.53. The normalized spacial score (nSPS) is 11.7. The van der Waals surface area contributed by atoms with Gasteiger partial charge < -0.3 is 15.5 Å². The van der Waals surface area contributed by atoms with E-state index in [4.69, 9.17) is 0 Å². The summed E-state index contributed by atoms with van der Waals surface area (Å²) >= 11 is 1.57. The lowest BCUT2D eigenvalue weighted by Crippen LogP contribution is -2.34. The zero-order chi connectivity index (χ0) is 14.0. The molecule has 0 aliphatic rings. The maximum atomic E-state index is 9.49. The molecule has 4 nitrogen and oxygen atoms in total. The molecular formula is C14H18N2O2S. The minimum absolute atomic E-state index is 0.0704. The lowest BCUT2D eigenvalue weighted by atomic mass is 10.1. The Bertz CT molecular complexity index is 573. The van der Waals surface area contributed by atoms with E-state index in [0.717, 1.165) is 22.0 Å². The smallest absolute Gasteiger partial charge is 0.158 e. The van der Waals surface area contributed by atoms with Crippen molar-refractivity contribution in [3.05, 3.63) is 29.3 Å². The van der Waals surface area contributed by atoms with Crippen molar-refractivity contribution in [2.24, 2.45) is 0 Å². The Balaban J connectivity index is 2.14. The number of rotatable bonds is 3. The Morgan fingerprint density at radius 2 is 1.95 bits per heavy atom. The highest BCUT2D eigenvalue weighted by Crippen LogP contribution is 2.32. The molecule has 0 radical (unpaired) electrons. The van der Waals surface area contributed by atoms with Crippen LogP contribution >= 0.6 is 11.3 Å². The van der Waals surface area contributed by atoms with Gasteiger partial charge in [-0.25, -0.2) is 4.98 Å². The summed E-state index contributed by atoms with van der Waals surface area (Å²) in [6, 6.07) is 4.74. The summed E-state index contributed by atoms with van der Waals surface area (Å²) in [5.74, 6) is -0.239. The lowest BCUT2D eigenvalue weighted by Gasteiger charge is -2.19. The summed E-state index contributed by atoms with van der Waals surface area (Å²) in [5.41, 5.74) is 0.878. The number of phenolic OH excluding ortho intramolecular Hbond substituents is 2. The van der Waals surface area contributed by atoms with Crippen molar-refractivity contribution in [2.45, 2.75) is 32.9 Å². The van der Waals surface area contributed by atoms with E-state index in [9.17, 15) is 10.2 Å². The third-order valence-electron chi connectivity index (χ3n) is 2.57. The lowest BCUT2D eigenvalue weighted by molar-refractivity contribution is 0.404. The molecule has 0 spiro atoms. The van der Waals surface area contributed by atoms with Crippen LogP contribution in [0.4, 0.5) is 0 Å². The van der Waals surface area contributed by atoms with E-state index in [1.54, 1.807) is 17.4 Å². The second kappa shape index (κ2) is 5.19. The van der Waals surface area contributed by atoms with E-state index >= 15 is 0 Å². The SMILES string of the molecule is CC(C)(C)NCc1cnc(-c2ccc(O)c(O)c2)s1. The van der Waals surface area contributed by atoms with E-state index in [0.29, 0.717) is 0 Å². The molecule has 0 amide bonds. The molecule has 0 bridgehead atoms. The maximum absolute atomic E-state index is 9.49. The molecule has 19 heavy (non-hydrogen) atoms. The maximum Gasteiger partial charge on any atom is 0.158 e. The van der Waals surface area contributed by atoms with Crippen molar-refractivity contribution >= 4 is 11.3 Å². The van der Waals surface area contributed by atoms with Gasteiger partial charge in [-0.15, -0.1) is 11.3 Å². The van der Waals surface area contributed by atoms with E-state index in [1.807, 2.05) is 6.20 Å². The molecule has 1 aromatic heterocycles. The second-order valence-corrected chi connectivity index (χ2v) is 6.55. The number of nitrogens with zero attached hydrogens (tertiary/aromatic N) is 1. The molecule has 3 N–H and O–H groups in total. The molecule has 0 fully saturated rings. The summed E-state index contributed by atoms with van der Waals surface area (Å²) in [6.45, 7) is 7.12. The van der Waals surface area contributed by atoms with E-state index in [1.165, 1.54) is 12.1 Å². The van der Waals surface area contributed by atoms with Crippen LogP contribution in [0.3, 0.4) is 0 Å². The molecule has 0 unspecified atom stereocenters. The zero-order valence-electron chi connectivity index (χ0n) is 11.3. The first-order chi connectivity index (χ1) is 8.85. The van der Waals surface area contributed by atoms with Crippen LogP contribution < -0.4 is 5.32 Å². The molecule has 0 atom stereocenters. The number of hydrogen-bond acceptors (Lipinski definition) is 5. The molecule has 1 aromatic carbocycles. The highest BCUT2D eigenvalue weighted by atomic mass is 32.1. The summed E-state index contributed by atoms with van der Waals surface area (Å²) in [6.07, 6.45) is 1.84. The summed E-state index contributed by atoms with van der Waals surface area (Å²) in [4.78, 5) is 5.48. The number of nitrogens with one attached hydrogen (secondary N) is 1. The van der Waals surface area contributed by atoms with Gasteiger partial charge in [0.2, 0.25) is 0 Å². The standard InChI is InChI=1S/C14H18N2O2S/c1-14(2,3)16-8-10-7-15-13(19-10)9-4-5-11(17)12(18)6-9/h4-7,16-18H,8H2,1-3H3. The van der Waals surface area contributed by atoms with Gasteiger partial charge in [-0.1, -0.05) is 0 Å². The molecule has 1 heterocycles. The third-order valence-corrected chi connectivity index (χ3v) is 3.62. The zero-order valence-corrected chi connectivity index (χ0v) is 12.1. The fraction of sp³-hybridized carbons (Fsp3) is 0.357. The number of hydrogen-bond donors (Lipinski definition) is 3. The Kier molecular flexibility index (Phi) is 3.78. The average Bonchev–Trinajstić information content (AvgIpc) is 2.78. The summed E-state index contributed by atoms with van der Waals surface area (Å²) in [7, 11) is 0. The molecule has 0 aliphatic carbocycles. The number of benzene rings is 1. The van der Waals surface area contributed by atoms with Crippen molar-refractivity contribution in [3.8, 4) is 22.1 Å². The first kappa shape index (κ1) is 13.8. The molecular weight excluding hydrogens is 260 g/mol. The summed E-state index contributed by atoms with van der Waals surface area (Å²) < 4.78 is 0. The predicted octanol–water partition coefficient (Wildman–Crippen LogP) is 3.11. The van der Waals surface area contributed by atoms with Gasteiger partial charge in [0.25, 0.3) is 0 Å². The number of aromatic hydroxyl groups is 2. The molecule has 0 saturated heterocycles. The predicted molar refractivity (Wildman–Crippen MR) is 77.5 cm³/mol. The quantitative estimate of drug-likeness (QED) is 0.755. The van der Waals surface area contributed by atoms with Crippen LogP contribution in [0, 0.1) is 0 Å². The van der Waals surface area contributed by atoms with Gasteiger partial charge in [-0.2, -0.15) is 0 Å². The first-order valence-corrected chi connectivity index (χ1v) is 6.89. The van der Waals surface area contributed by atoms with Crippen molar-refractivity contribution in [1.29, 1.82) is 0 Å². The number of thiazole rings is 1. The van der Waals surface area contributed by atoms with Gasteiger partial charge >= 0.3 is 0 Å². The molecule has 0 aliphatic heterocycles. The van der Waals surface area contributed by atoms with Crippen molar-refractivity contribution in [3.63, 3.8) is 0 Å². The van der Waals surface area contributed by atoms with Crippen LogP contribution in [0.2, 0.25) is 0 Å². The minimum atomic E-state index is -0.123. The fourth-order valence-corrected chi connectivity index (χ4v) is 2.38. The Hall–Kier alpha value is -1.59. The molecule has 5 heteroatoms. The van der Waals surface area contributed by atoms with Crippen LogP contribution in [0.5, 0.6) is 11.5 Å². The van der Waals surface area contributed by atoms with Crippen molar-refractivity contribution in [2.75, 3.05) is 0 Å². The monoisotopic (exact) mass is 278 g/mol. The van der Waals surface area contributed by atoms with Gasteiger partial charge in [0, 0.05) is 28.7 Å². The van der Waals surface area contributed by atoms with Gasteiger partial charge in [-0.05, 0) is 39.0 Å². The van der Waals surface area contributed by atoms with Gasteiger partial charge in [0.15, 0.2) is 11.5 Å². The minimum Gasteiger partial charge on any atom is -0.504 e. The van der Waals surface area contributed by atoms with Gasteiger partial charge in [-0.3, -0.25) is 0 Å². The van der Waals surface area contributed by atoms with Crippen LogP contribution in [0.15, 0.2) is 24.4 Å². The second-order valence-electron chi connectivity index (χ2n) is 5.44. The number of phenols is 2. The molecule has 2 aromatic rings. The van der Waals surface area contributed by atoms with Crippen LogP contribution in [-0.4, -0.2) is 20.7 Å². The Morgan fingerprint density at radius 3 is 2.58 bits per heavy atom. The van der Waals surface area contributed by atoms with Crippen molar-refractivity contribution in [1.82, 2.24) is 10.3 Å². The highest BCUT2D eigenvalue weighted by molar-refractivity contribution is 7.15. The summed E-state index contributed by atoms with van der Waals surface area (Å²) in [5, 5.41) is 23.0. The molecule has 0 saturated carbocycles. The Labute approximate surface area is 116 Å². The first-order valence-electron chi connectivity index (χ1n) is 6.07. The van der Waals surface area contributed by atoms with E-state index in [2.05, 4.69) is 31.1 Å². The topological polar surface area (TPSA) is 65.4 Å². The third kappa shape index (κ3) is 3.68. The molecule has 102 valence electrons. The van der Waals surface area contributed by atoms with E-state index in [-0.39, 0.29) is 17.0 Å². The number of aromatic nitrogens is 1. The van der Waals surface area contributed by atoms with Crippen LogP contribution in [-0.2, 0) is 6.54 Å². The van der Waals surface area contributed by atoms with Crippen molar-refractivity contribution < 1.29 is 10.2 Å². The Morgan fingerprint density at radius 1 is 1.21 bits per heavy atom. The van der Waals surface area contributed by atoms with Gasteiger partial charge in [0.05, 0.1) is 0 Å². The van der Waals surface area contributed by atoms with E-state index < -0.39 is 0 Å². The van der Waals surface area contributed by atoms with Gasteiger partial charge in [0.1, 0.15) is 5.01 Å². The van der Waals surface area contributed by atoms with Crippen LogP contribution in [0.25, 0.3) is 10.6 Å². The average molecular weight is 278 g/mol. The van der Waals surface area contributed by atoms with Crippen LogP contribution in [0.1, 0.15) is 25.6 Å². The highest BCUT2D eigenvalue weighted by Gasteiger charge is 2.11. The molecule has 2 rings (SSSR count).